The minimum atomic E-state index is -0.880. The van der Waals surface area contributed by atoms with E-state index in [1.54, 1.807) is 31.3 Å². The van der Waals surface area contributed by atoms with Gasteiger partial charge in [-0.1, -0.05) is 13.0 Å². The zero-order valence-corrected chi connectivity index (χ0v) is 14.5. The molecule has 2 rings (SSSR count). The van der Waals surface area contributed by atoms with Crippen LogP contribution in [0.15, 0.2) is 47.3 Å². The molecule has 0 aromatic carbocycles. The maximum atomic E-state index is 11.7. The molecule has 25 heavy (non-hydrogen) atoms. The average molecular weight is 348 g/mol. The van der Waals surface area contributed by atoms with Crippen molar-refractivity contribution in [2.45, 2.75) is 26.2 Å². The molecule has 8 heteroatoms. The number of rotatable bonds is 4. The minimum Gasteiger partial charge on any atom is -0.437 e. The number of nitrogens with one attached hydrogen (secondary N) is 1. The molecule has 0 amide bonds. The predicted octanol–water partition coefficient (Wildman–Crippen LogP) is 3.19. The molecule has 1 aromatic heterocycles. The quantitative estimate of drug-likeness (QED) is 0.829. The summed E-state index contributed by atoms with van der Waals surface area (Å²) in [6.07, 6.45) is 0.401. The van der Waals surface area contributed by atoms with Crippen molar-refractivity contribution in [1.29, 1.82) is 0 Å². The number of nitrogens with zero attached hydrogens (tertiary/aromatic N) is 1. The molecule has 0 spiro atoms. The van der Waals surface area contributed by atoms with E-state index < -0.39 is 18.2 Å². The van der Waals surface area contributed by atoms with Crippen LogP contribution in [0.1, 0.15) is 31.9 Å². The molecule has 0 aliphatic carbocycles. The Kier molecular flexibility index (Phi) is 5.99. The molecule has 2 heterocycles. The van der Waals surface area contributed by atoms with Crippen LogP contribution in [-0.4, -0.2) is 31.5 Å². The lowest BCUT2D eigenvalue weighted by molar-refractivity contribution is 0.0781. The van der Waals surface area contributed by atoms with Gasteiger partial charge in [0.05, 0.1) is 31.3 Å². The molecule has 0 saturated carbocycles. The van der Waals surface area contributed by atoms with Crippen LogP contribution in [-0.2, 0) is 18.9 Å². The summed E-state index contributed by atoms with van der Waals surface area (Å²) in [5.74, 6) is -0.199. The van der Waals surface area contributed by atoms with Gasteiger partial charge >= 0.3 is 12.3 Å². The first-order valence-electron chi connectivity index (χ1n) is 7.65. The van der Waals surface area contributed by atoms with Gasteiger partial charge in [-0.05, 0) is 25.5 Å². The molecule has 0 bridgehead atoms. The van der Waals surface area contributed by atoms with Gasteiger partial charge in [0.25, 0.3) is 0 Å². The highest BCUT2D eigenvalue weighted by Gasteiger charge is 2.36. The fourth-order valence-electron chi connectivity index (χ4n) is 2.46. The predicted molar refractivity (Wildman–Crippen MR) is 87.1 cm³/mol. The van der Waals surface area contributed by atoms with Crippen molar-refractivity contribution in [3.63, 3.8) is 0 Å². The highest BCUT2D eigenvalue weighted by molar-refractivity contribution is 5.64. The average Bonchev–Trinajstić information content (AvgIpc) is 2.64. The summed E-state index contributed by atoms with van der Waals surface area (Å²) < 4.78 is 19.8. The first-order valence-corrected chi connectivity index (χ1v) is 7.65. The van der Waals surface area contributed by atoms with Crippen molar-refractivity contribution < 1.29 is 28.5 Å². The van der Waals surface area contributed by atoms with E-state index in [9.17, 15) is 9.59 Å². The molecule has 1 aromatic rings. The van der Waals surface area contributed by atoms with Gasteiger partial charge in [-0.3, -0.25) is 4.98 Å². The Morgan fingerprint density at radius 3 is 2.28 bits per heavy atom. The summed E-state index contributed by atoms with van der Waals surface area (Å²) in [5.41, 5.74) is 1.80. The van der Waals surface area contributed by atoms with Crippen LogP contribution in [0.5, 0.6) is 0 Å². The maximum Gasteiger partial charge on any atom is 0.513 e. The Balaban J connectivity index is 2.55. The number of aromatic nitrogens is 1. The van der Waals surface area contributed by atoms with Crippen LogP contribution in [0.4, 0.5) is 9.59 Å². The fraction of sp³-hybridized carbons (Fsp3) is 0.353. The van der Waals surface area contributed by atoms with E-state index in [-0.39, 0.29) is 11.5 Å². The molecule has 1 aliphatic heterocycles. The summed E-state index contributed by atoms with van der Waals surface area (Å²) in [6.45, 7) is 3.65. The third kappa shape index (κ3) is 4.09. The Morgan fingerprint density at radius 1 is 1.12 bits per heavy atom. The van der Waals surface area contributed by atoms with Gasteiger partial charge < -0.3 is 24.3 Å². The Morgan fingerprint density at radius 2 is 1.76 bits per heavy atom. The molecular weight excluding hydrogens is 328 g/mol. The summed E-state index contributed by atoms with van der Waals surface area (Å²) in [7, 11) is 2.43. The fourth-order valence-corrected chi connectivity index (χ4v) is 2.46. The maximum absolute atomic E-state index is 11.7. The number of pyridine rings is 1. The zero-order valence-electron chi connectivity index (χ0n) is 14.5. The Labute approximate surface area is 145 Å². The molecular formula is C17H20N2O6. The summed E-state index contributed by atoms with van der Waals surface area (Å²) >= 11 is 0. The number of hydrogen-bond acceptors (Lipinski definition) is 8. The Hall–Kier alpha value is -3.03. The lowest BCUT2D eigenvalue weighted by Crippen LogP contribution is -2.30. The van der Waals surface area contributed by atoms with Gasteiger partial charge in [-0.2, -0.15) is 0 Å². The normalized spacial score (nSPS) is 16.9. The molecule has 1 unspecified atom stereocenters. The highest BCUT2D eigenvalue weighted by atomic mass is 16.7. The van der Waals surface area contributed by atoms with Crippen molar-refractivity contribution in [2.75, 3.05) is 14.2 Å². The number of ether oxygens (including phenoxy) is 4. The van der Waals surface area contributed by atoms with E-state index in [1.807, 2.05) is 6.92 Å². The van der Waals surface area contributed by atoms with Crippen molar-refractivity contribution >= 4 is 12.3 Å². The third-order valence-corrected chi connectivity index (χ3v) is 3.59. The second-order valence-electron chi connectivity index (χ2n) is 5.11. The number of dihydropyridines is 1. The second-order valence-corrected chi connectivity index (χ2v) is 5.11. The summed E-state index contributed by atoms with van der Waals surface area (Å²) in [5, 5.41) is 3.09. The molecule has 8 nitrogen and oxygen atoms in total. The topological polar surface area (TPSA) is 96.0 Å². The standard InChI is InChI=1S/C17H20N2O6/c1-5-11-15(25-17(21)23-4)13(12-8-6-7-9-18-12)14(10(2)19-11)24-16(20)22-3/h6-9,13,19H,5H2,1-4H3. The van der Waals surface area contributed by atoms with Crippen molar-refractivity contribution in [2.24, 2.45) is 0 Å². The van der Waals surface area contributed by atoms with Crippen molar-refractivity contribution in [3.8, 4) is 0 Å². The Bertz CT molecular complexity index is 711. The van der Waals surface area contributed by atoms with Crippen LogP contribution >= 0.6 is 0 Å². The first kappa shape index (κ1) is 18.3. The number of carbonyl (C=O) groups is 2. The van der Waals surface area contributed by atoms with Gasteiger partial charge in [0, 0.05) is 6.20 Å². The first-order chi connectivity index (χ1) is 12.0. The van der Waals surface area contributed by atoms with Crippen LogP contribution < -0.4 is 5.32 Å². The summed E-state index contributed by atoms with van der Waals surface area (Å²) in [4.78, 5) is 27.7. The van der Waals surface area contributed by atoms with Crippen LogP contribution in [0.2, 0.25) is 0 Å². The number of methoxy groups -OCH3 is 2. The van der Waals surface area contributed by atoms with E-state index in [1.165, 1.54) is 14.2 Å². The SMILES string of the molecule is CCC1=C(OC(=O)OC)C(c2ccccn2)C(OC(=O)OC)=C(C)N1. The zero-order chi connectivity index (χ0) is 18.4. The molecule has 0 fully saturated rings. The number of allylic oxidation sites excluding steroid dienone is 2. The minimum absolute atomic E-state index is 0.238. The second kappa shape index (κ2) is 8.18. The van der Waals surface area contributed by atoms with E-state index >= 15 is 0 Å². The highest BCUT2D eigenvalue weighted by Crippen LogP contribution is 2.39. The monoisotopic (exact) mass is 348 g/mol. The largest absolute Gasteiger partial charge is 0.513 e. The lowest BCUT2D eigenvalue weighted by Gasteiger charge is -2.30. The van der Waals surface area contributed by atoms with E-state index in [4.69, 9.17) is 9.47 Å². The number of carbonyl (C=O) groups excluding carboxylic acids is 2. The van der Waals surface area contributed by atoms with Gasteiger partial charge in [-0.25, -0.2) is 9.59 Å². The van der Waals surface area contributed by atoms with Crippen LogP contribution in [0.25, 0.3) is 0 Å². The molecule has 1 atom stereocenters. The molecule has 134 valence electrons. The lowest BCUT2D eigenvalue weighted by atomic mass is 9.93. The van der Waals surface area contributed by atoms with Crippen molar-refractivity contribution in [3.05, 3.63) is 53.0 Å². The molecule has 0 saturated heterocycles. The third-order valence-electron chi connectivity index (χ3n) is 3.59. The molecule has 0 radical (unpaired) electrons. The van der Waals surface area contributed by atoms with E-state index in [2.05, 4.69) is 19.8 Å². The molecule has 1 aliphatic rings. The van der Waals surface area contributed by atoms with Gasteiger partial charge in [0.1, 0.15) is 17.4 Å². The smallest absolute Gasteiger partial charge is 0.437 e. The van der Waals surface area contributed by atoms with Gasteiger partial charge in [0.2, 0.25) is 0 Å². The molecule has 1 N–H and O–H groups in total. The van der Waals surface area contributed by atoms with Crippen LogP contribution in [0, 0.1) is 0 Å². The van der Waals surface area contributed by atoms with E-state index in [0.29, 0.717) is 23.5 Å². The van der Waals surface area contributed by atoms with E-state index in [0.717, 1.165) is 0 Å². The van der Waals surface area contributed by atoms with Crippen molar-refractivity contribution in [1.82, 2.24) is 10.3 Å². The van der Waals surface area contributed by atoms with Gasteiger partial charge in [0.15, 0.2) is 0 Å². The number of hydrogen-bond donors (Lipinski definition) is 1. The van der Waals surface area contributed by atoms with Crippen LogP contribution in [0.3, 0.4) is 0 Å². The summed E-state index contributed by atoms with van der Waals surface area (Å²) in [6, 6.07) is 5.29. The van der Waals surface area contributed by atoms with Gasteiger partial charge in [-0.15, -0.1) is 0 Å².